The van der Waals surface area contributed by atoms with Crippen molar-refractivity contribution in [3.8, 4) is 0 Å². The van der Waals surface area contributed by atoms with Gasteiger partial charge in [-0.1, -0.05) is 32.0 Å². The summed E-state index contributed by atoms with van der Waals surface area (Å²) in [5.74, 6) is -1.82. The molecular formula is C28H45N4O7P. The molecule has 0 aliphatic rings. The predicted molar refractivity (Wildman–Crippen MR) is 155 cm³/mol. The molecule has 1 heterocycles. The van der Waals surface area contributed by atoms with Crippen LogP contribution in [-0.2, 0) is 34.4 Å². The molecule has 0 fully saturated rings. The highest BCUT2D eigenvalue weighted by atomic mass is 31.2. The smallest absolute Gasteiger partial charge is 0.407 e. The van der Waals surface area contributed by atoms with Gasteiger partial charge in [0.2, 0.25) is 11.8 Å². The van der Waals surface area contributed by atoms with Crippen molar-refractivity contribution in [2.45, 2.75) is 85.2 Å². The molecule has 1 aromatic heterocycles. The fourth-order valence-electron chi connectivity index (χ4n) is 4.15. The van der Waals surface area contributed by atoms with Crippen molar-refractivity contribution in [2.24, 2.45) is 5.92 Å². The maximum Gasteiger partial charge on any atom is 0.407 e. The SMILES string of the molecule is CCOP(=O)(OCC)[C@H](Cc1c[nH]c2ccccc12)NC(=O)[C@H](CC(C)C)NC(=O)CCNC(=O)OC(C)(C)C. The van der Waals surface area contributed by atoms with Gasteiger partial charge in [0.1, 0.15) is 17.4 Å². The Hall–Kier alpha value is -2.88. The first-order chi connectivity index (χ1) is 18.8. The summed E-state index contributed by atoms with van der Waals surface area (Å²) >= 11 is 0. The van der Waals surface area contributed by atoms with Crippen LogP contribution in [0.4, 0.5) is 4.79 Å². The molecule has 2 atom stereocenters. The zero-order chi connectivity index (χ0) is 29.9. The van der Waals surface area contributed by atoms with Crippen LogP contribution in [0, 0.1) is 5.92 Å². The first-order valence-corrected chi connectivity index (χ1v) is 15.4. The largest absolute Gasteiger partial charge is 0.444 e. The van der Waals surface area contributed by atoms with Crippen molar-refractivity contribution in [1.29, 1.82) is 0 Å². The normalized spacial score (nSPS) is 13.6. The van der Waals surface area contributed by atoms with Gasteiger partial charge in [0.15, 0.2) is 0 Å². The van der Waals surface area contributed by atoms with Gasteiger partial charge >= 0.3 is 13.7 Å². The molecule has 0 saturated carbocycles. The summed E-state index contributed by atoms with van der Waals surface area (Å²) in [7, 11) is -3.78. The number of ether oxygens (including phenoxy) is 1. The van der Waals surface area contributed by atoms with Crippen molar-refractivity contribution in [3.63, 3.8) is 0 Å². The van der Waals surface area contributed by atoms with E-state index in [9.17, 15) is 18.9 Å². The van der Waals surface area contributed by atoms with E-state index in [0.29, 0.717) is 6.42 Å². The Kier molecular flexibility index (Phi) is 12.7. The Labute approximate surface area is 237 Å². The fraction of sp³-hybridized carbons (Fsp3) is 0.607. The standard InChI is InChI=1S/C28H45N4O7P/c1-8-37-40(36,38-9-2)25(17-20-18-30-22-13-11-10-12-21(20)22)32-26(34)23(16-19(3)4)31-24(33)14-15-29-27(35)39-28(5,6)7/h10-13,18-19,23,25,30H,8-9,14-17H2,1-7H3,(H,29,35)(H,31,33)(H,32,34)/t23-,25+/m0/s1. The molecule has 40 heavy (non-hydrogen) atoms. The summed E-state index contributed by atoms with van der Waals surface area (Å²) in [6.45, 7) is 12.8. The summed E-state index contributed by atoms with van der Waals surface area (Å²) in [5, 5.41) is 9.10. The van der Waals surface area contributed by atoms with Crippen LogP contribution >= 0.6 is 7.60 Å². The number of carbonyl (C=O) groups excluding carboxylic acids is 3. The zero-order valence-corrected chi connectivity index (χ0v) is 25.6. The van der Waals surface area contributed by atoms with Gasteiger partial charge in [0.25, 0.3) is 0 Å². The van der Waals surface area contributed by atoms with Crippen molar-refractivity contribution in [3.05, 3.63) is 36.0 Å². The number of H-pyrrole nitrogens is 1. The molecule has 0 unspecified atom stereocenters. The third kappa shape index (κ3) is 10.6. The van der Waals surface area contributed by atoms with Gasteiger partial charge in [-0.2, -0.15) is 0 Å². The molecule has 4 N–H and O–H groups in total. The minimum Gasteiger partial charge on any atom is -0.444 e. The Morgan fingerprint density at radius 1 is 1.02 bits per heavy atom. The van der Waals surface area contributed by atoms with Gasteiger partial charge in [-0.05, 0) is 58.6 Å². The predicted octanol–water partition coefficient (Wildman–Crippen LogP) is 4.86. The zero-order valence-electron chi connectivity index (χ0n) is 24.7. The Balaban J connectivity index is 2.19. The number of alkyl carbamates (subject to hydrolysis) is 1. The number of rotatable bonds is 15. The summed E-state index contributed by atoms with van der Waals surface area (Å²) in [5.41, 5.74) is 1.10. The van der Waals surface area contributed by atoms with E-state index in [0.717, 1.165) is 16.5 Å². The molecule has 2 aromatic rings. The van der Waals surface area contributed by atoms with E-state index in [1.807, 2.05) is 44.3 Å². The highest BCUT2D eigenvalue weighted by Gasteiger charge is 2.39. The molecule has 3 amide bonds. The monoisotopic (exact) mass is 580 g/mol. The minimum absolute atomic E-state index is 0.0454. The van der Waals surface area contributed by atoms with Crippen molar-refractivity contribution >= 4 is 36.4 Å². The summed E-state index contributed by atoms with van der Waals surface area (Å²) in [6, 6.07) is 6.80. The van der Waals surface area contributed by atoms with Crippen molar-refractivity contribution in [2.75, 3.05) is 19.8 Å². The van der Waals surface area contributed by atoms with Crippen LogP contribution in [0.25, 0.3) is 10.9 Å². The molecular weight excluding hydrogens is 535 g/mol. The second kappa shape index (κ2) is 15.2. The van der Waals surface area contributed by atoms with Crippen molar-refractivity contribution in [1.82, 2.24) is 20.9 Å². The molecule has 224 valence electrons. The Morgan fingerprint density at radius 2 is 1.68 bits per heavy atom. The van der Waals surface area contributed by atoms with E-state index in [-0.39, 0.29) is 38.5 Å². The Bertz CT molecular complexity index is 1160. The van der Waals surface area contributed by atoms with E-state index < -0.39 is 42.9 Å². The molecule has 0 saturated heterocycles. The maximum absolute atomic E-state index is 13.9. The number of benzene rings is 1. The third-order valence-corrected chi connectivity index (χ3v) is 8.09. The molecule has 12 heteroatoms. The topological polar surface area (TPSA) is 148 Å². The average Bonchev–Trinajstić information content (AvgIpc) is 3.25. The summed E-state index contributed by atoms with van der Waals surface area (Å²) in [4.78, 5) is 41.3. The highest BCUT2D eigenvalue weighted by Crippen LogP contribution is 2.53. The van der Waals surface area contributed by atoms with Gasteiger partial charge in [0.05, 0.1) is 13.2 Å². The number of nitrogens with one attached hydrogen (secondary N) is 4. The first-order valence-electron chi connectivity index (χ1n) is 13.8. The number of fused-ring (bicyclic) bond motifs is 1. The summed E-state index contributed by atoms with van der Waals surface area (Å²) < 4.78 is 30.3. The van der Waals surface area contributed by atoms with Crippen LogP contribution in [-0.4, -0.2) is 60.1 Å². The number of hydrogen-bond acceptors (Lipinski definition) is 7. The van der Waals surface area contributed by atoms with E-state index >= 15 is 0 Å². The lowest BCUT2D eigenvalue weighted by Crippen LogP contribution is -2.51. The van der Waals surface area contributed by atoms with E-state index in [2.05, 4.69) is 20.9 Å². The lowest BCUT2D eigenvalue weighted by atomic mass is 10.0. The second-order valence-electron chi connectivity index (χ2n) is 10.9. The molecule has 0 aliphatic heterocycles. The molecule has 0 aliphatic carbocycles. The maximum atomic E-state index is 13.9. The number of carbonyl (C=O) groups is 3. The van der Waals surface area contributed by atoms with Gasteiger partial charge < -0.3 is 34.7 Å². The third-order valence-electron chi connectivity index (χ3n) is 5.78. The minimum atomic E-state index is -3.78. The molecule has 2 rings (SSSR count). The van der Waals surface area contributed by atoms with Gasteiger partial charge in [0, 0.05) is 36.5 Å². The van der Waals surface area contributed by atoms with Crippen LogP contribution in [0.15, 0.2) is 30.5 Å². The highest BCUT2D eigenvalue weighted by molar-refractivity contribution is 7.54. The number of para-hydroxylation sites is 1. The quantitative estimate of drug-likeness (QED) is 0.220. The van der Waals surface area contributed by atoms with Crippen LogP contribution in [0.5, 0.6) is 0 Å². The number of aromatic nitrogens is 1. The van der Waals surface area contributed by atoms with Gasteiger partial charge in [-0.15, -0.1) is 0 Å². The van der Waals surface area contributed by atoms with Crippen LogP contribution < -0.4 is 16.0 Å². The molecule has 0 radical (unpaired) electrons. The molecule has 0 bridgehead atoms. The van der Waals surface area contributed by atoms with Crippen LogP contribution in [0.1, 0.15) is 66.9 Å². The summed E-state index contributed by atoms with van der Waals surface area (Å²) in [6.07, 6.45) is 1.69. The first kappa shape index (κ1) is 33.3. The van der Waals surface area contributed by atoms with Crippen LogP contribution in [0.2, 0.25) is 0 Å². The van der Waals surface area contributed by atoms with E-state index in [1.165, 1.54) is 0 Å². The van der Waals surface area contributed by atoms with E-state index in [4.69, 9.17) is 13.8 Å². The molecule has 0 spiro atoms. The Morgan fingerprint density at radius 3 is 2.27 bits per heavy atom. The van der Waals surface area contributed by atoms with Crippen LogP contribution in [0.3, 0.4) is 0 Å². The fourth-order valence-corrected chi connectivity index (χ4v) is 6.01. The van der Waals surface area contributed by atoms with Crippen molar-refractivity contribution < 1.29 is 32.7 Å². The molecule has 11 nitrogen and oxygen atoms in total. The van der Waals surface area contributed by atoms with Gasteiger partial charge in [-0.3, -0.25) is 14.2 Å². The van der Waals surface area contributed by atoms with E-state index in [1.54, 1.807) is 34.6 Å². The number of aromatic amines is 1. The average molecular weight is 581 g/mol. The lowest BCUT2D eigenvalue weighted by Gasteiger charge is -2.29. The number of amides is 3. The lowest BCUT2D eigenvalue weighted by molar-refractivity contribution is -0.129. The second-order valence-corrected chi connectivity index (χ2v) is 13.1. The van der Waals surface area contributed by atoms with Gasteiger partial charge in [-0.25, -0.2) is 4.79 Å². The number of hydrogen-bond donors (Lipinski definition) is 4. The molecule has 1 aromatic carbocycles.